The standard InChI is InChI=1S/C15H18N6O4S2/c1-3-19(4-2)13-16-14(26-20-9(22)5-6-10(20)23)18-15(17-13)27-21-11(24)7-8-12(21)25/h5-8,22-25H,3-4H2,1-2H3. The predicted molar refractivity (Wildman–Crippen MR) is 101 cm³/mol. The molecule has 4 N–H and O–H groups in total. The lowest BCUT2D eigenvalue weighted by atomic mass is 10.5. The lowest BCUT2D eigenvalue weighted by Gasteiger charge is -2.19. The van der Waals surface area contributed by atoms with Gasteiger partial charge in [0.05, 0.1) is 0 Å². The van der Waals surface area contributed by atoms with Crippen molar-refractivity contribution in [1.29, 1.82) is 0 Å². The summed E-state index contributed by atoms with van der Waals surface area (Å²) in [7, 11) is 0. The lowest BCUT2D eigenvalue weighted by Crippen LogP contribution is -2.25. The molecule has 3 heterocycles. The van der Waals surface area contributed by atoms with Crippen LogP contribution in [0.15, 0.2) is 34.6 Å². The number of aromatic hydroxyl groups is 4. The van der Waals surface area contributed by atoms with Gasteiger partial charge in [0.2, 0.25) is 39.8 Å². The minimum absolute atomic E-state index is 0.155. The maximum absolute atomic E-state index is 9.84. The Morgan fingerprint density at radius 1 is 0.741 bits per heavy atom. The Balaban J connectivity index is 2.00. The minimum Gasteiger partial charge on any atom is -0.494 e. The van der Waals surface area contributed by atoms with Crippen molar-refractivity contribution in [1.82, 2.24) is 22.9 Å². The van der Waals surface area contributed by atoms with Gasteiger partial charge in [0.25, 0.3) is 0 Å². The van der Waals surface area contributed by atoms with Crippen molar-refractivity contribution in [2.75, 3.05) is 18.0 Å². The first kappa shape index (κ1) is 19.0. The maximum Gasteiger partial charge on any atom is 0.230 e. The van der Waals surface area contributed by atoms with Crippen LogP contribution in [0.5, 0.6) is 23.5 Å². The molecule has 0 aromatic carbocycles. The third-order valence-corrected chi connectivity index (χ3v) is 5.38. The van der Waals surface area contributed by atoms with Gasteiger partial charge in [0, 0.05) is 61.3 Å². The van der Waals surface area contributed by atoms with E-state index in [9.17, 15) is 20.4 Å². The largest absolute Gasteiger partial charge is 0.494 e. The topological polar surface area (TPSA) is 133 Å². The van der Waals surface area contributed by atoms with Crippen molar-refractivity contribution in [3.05, 3.63) is 24.3 Å². The van der Waals surface area contributed by atoms with Gasteiger partial charge < -0.3 is 25.3 Å². The van der Waals surface area contributed by atoms with Gasteiger partial charge in [0.1, 0.15) is 0 Å². The zero-order chi connectivity index (χ0) is 19.6. The van der Waals surface area contributed by atoms with Crippen LogP contribution in [-0.4, -0.2) is 56.4 Å². The number of hydrogen-bond donors (Lipinski definition) is 4. The van der Waals surface area contributed by atoms with Crippen LogP contribution in [0.3, 0.4) is 0 Å². The van der Waals surface area contributed by atoms with Crippen molar-refractivity contribution in [3.63, 3.8) is 0 Å². The van der Waals surface area contributed by atoms with Gasteiger partial charge in [-0.15, -0.1) is 0 Å². The van der Waals surface area contributed by atoms with Crippen LogP contribution in [-0.2, 0) is 0 Å². The molecule has 0 spiro atoms. The molecule has 3 rings (SSSR count). The average molecular weight is 410 g/mol. The fourth-order valence-corrected chi connectivity index (χ4v) is 3.71. The Bertz CT molecular complexity index is 835. The van der Waals surface area contributed by atoms with Gasteiger partial charge in [-0.05, 0) is 13.8 Å². The van der Waals surface area contributed by atoms with Crippen LogP contribution < -0.4 is 4.90 Å². The molecule has 3 aromatic rings. The summed E-state index contributed by atoms with van der Waals surface area (Å²) in [6, 6.07) is 5.39. The third kappa shape index (κ3) is 4.01. The molecular weight excluding hydrogens is 392 g/mol. The molecule has 0 aliphatic heterocycles. The first-order valence-corrected chi connectivity index (χ1v) is 9.54. The SMILES string of the molecule is CCN(CC)c1nc(Sn2c(O)ccc2O)nc(Sn2c(O)ccc2O)n1. The number of hydrogen-bond acceptors (Lipinski definition) is 10. The quantitative estimate of drug-likeness (QED) is 0.459. The normalized spacial score (nSPS) is 11.0. The molecule has 0 aliphatic carbocycles. The number of anilines is 1. The van der Waals surface area contributed by atoms with Crippen molar-refractivity contribution in [2.45, 2.75) is 24.2 Å². The van der Waals surface area contributed by atoms with E-state index >= 15 is 0 Å². The van der Waals surface area contributed by atoms with E-state index in [-0.39, 0.29) is 33.8 Å². The van der Waals surface area contributed by atoms with Gasteiger partial charge in [-0.2, -0.15) is 15.0 Å². The summed E-state index contributed by atoms with van der Waals surface area (Å²) >= 11 is 1.83. The monoisotopic (exact) mass is 410 g/mol. The van der Waals surface area contributed by atoms with E-state index in [4.69, 9.17) is 0 Å². The van der Waals surface area contributed by atoms with Gasteiger partial charge in [-0.25, -0.2) is 7.94 Å². The summed E-state index contributed by atoms with van der Waals surface area (Å²) in [5, 5.41) is 39.8. The van der Waals surface area contributed by atoms with Crippen molar-refractivity contribution in [2.24, 2.45) is 0 Å². The lowest BCUT2D eigenvalue weighted by molar-refractivity contribution is 0.415. The second kappa shape index (κ2) is 7.88. The van der Waals surface area contributed by atoms with Crippen LogP contribution in [0.25, 0.3) is 0 Å². The minimum atomic E-state index is -0.155. The van der Waals surface area contributed by atoms with Gasteiger partial charge >= 0.3 is 0 Å². The highest BCUT2D eigenvalue weighted by atomic mass is 32.2. The molecule has 0 fully saturated rings. The zero-order valence-corrected chi connectivity index (χ0v) is 16.1. The first-order chi connectivity index (χ1) is 12.9. The molecule has 27 heavy (non-hydrogen) atoms. The van der Waals surface area contributed by atoms with Crippen molar-refractivity contribution < 1.29 is 20.4 Å². The van der Waals surface area contributed by atoms with Crippen molar-refractivity contribution in [3.8, 4) is 23.5 Å². The molecular formula is C15H18N6O4S2. The van der Waals surface area contributed by atoms with E-state index in [1.165, 1.54) is 32.2 Å². The fourth-order valence-electron chi connectivity index (χ4n) is 2.21. The average Bonchev–Trinajstić information content (AvgIpc) is 3.13. The second-order valence-electron chi connectivity index (χ2n) is 5.24. The van der Waals surface area contributed by atoms with E-state index in [1.807, 2.05) is 18.7 Å². The Morgan fingerprint density at radius 2 is 1.11 bits per heavy atom. The maximum atomic E-state index is 9.84. The summed E-state index contributed by atoms with van der Waals surface area (Å²) < 4.78 is 2.33. The van der Waals surface area contributed by atoms with E-state index in [0.717, 1.165) is 23.9 Å². The molecule has 0 saturated heterocycles. The Hall–Kier alpha value is -2.73. The number of aromatic nitrogens is 5. The van der Waals surface area contributed by atoms with Gasteiger partial charge in [-0.3, -0.25) is 0 Å². The Morgan fingerprint density at radius 3 is 1.44 bits per heavy atom. The molecule has 0 bridgehead atoms. The van der Waals surface area contributed by atoms with Crippen LogP contribution in [0.1, 0.15) is 13.8 Å². The van der Waals surface area contributed by atoms with Gasteiger partial charge in [-0.1, -0.05) is 0 Å². The predicted octanol–water partition coefficient (Wildman–Crippen LogP) is 2.25. The van der Waals surface area contributed by atoms with Crippen LogP contribution in [0.2, 0.25) is 0 Å². The summed E-state index contributed by atoms with van der Waals surface area (Å²) in [6.45, 7) is 5.24. The van der Waals surface area contributed by atoms with E-state index in [2.05, 4.69) is 15.0 Å². The summed E-state index contributed by atoms with van der Waals surface area (Å²) in [5.41, 5.74) is 0. The number of rotatable bonds is 7. The van der Waals surface area contributed by atoms with Crippen LogP contribution in [0, 0.1) is 0 Å². The molecule has 0 saturated carbocycles. The molecule has 0 radical (unpaired) electrons. The first-order valence-electron chi connectivity index (χ1n) is 8.00. The molecule has 0 aliphatic rings. The molecule has 3 aromatic heterocycles. The molecule has 144 valence electrons. The smallest absolute Gasteiger partial charge is 0.230 e. The Kier molecular flexibility index (Phi) is 5.56. The molecule has 0 amide bonds. The molecule has 10 nitrogen and oxygen atoms in total. The molecule has 0 unspecified atom stereocenters. The fraction of sp³-hybridized carbons (Fsp3) is 0.267. The van der Waals surface area contributed by atoms with Crippen molar-refractivity contribution >= 4 is 29.8 Å². The summed E-state index contributed by atoms with van der Waals surface area (Å²) in [4.78, 5) is 15.0. The summed E-state index contributed by atoms with van der Waals surface area (Å²) in [5.74, 6) is -0.221. The highest BCUT2D eigenvalue weighted by Gasteiger charge is 2.17. The molecule has 0 atom stereocenters. The molecule has 12 heteroatoms. The number of nitrogens with zero attached hydrogens (tertiary/aromatic N) is 6. The van der Waals surface area contributed by atoms with E-state index < -0.39 is 0 Å². The van der Waals surface area contributed by atoms with Gasteiger partial charge in [0.15, 0.2) is 0 Å². The highest BCUT2D eigenvalue weighted by molar-refractivity contribution is 7.98. The summed E-state index contributed by atoms with van der Waals surface area (Å²) in [6.07, 6.45) is 0. The third-order valence-electron chi connectivity index (χ3n) is 3.57. The van der Waals surface area contributed by atoms with Crippen LogP contribution >= 0.6 is 23.9 Å². The van der Waals surface area contributed by atoms with E-state index in [1.54, 1.807) is 0 Å². The zero-order valence-electron chi connectivity index (χ0n) is 14.5. The highest BCUT2D eigenvalue weighted by Crippen LogP contribution is 2.34. The second-order valence-corrected chi connectivity index (χ2v) is 7.07. The Labute approximate surface area is 163 Å². The van der Waals surface area contributed by atoms with E-state index in [0.29, 0.717) is 19.0 Å². The van der Waals surface area contributed by atoms with Crippen LogP contribution in [0.4, 0.5) is 5.95 Å².